The first-order valence-electron chi connectivity index (χ1n) is 8.53. The fourth-order valence-corrected chi connectivity index (χ4v) is 3.46. The van der Waals surface area contributed by atoms with Crippen LogP contribution in [-0.4, -0.2) is 28.5 Å². The molecule has 124 valence electrons. The van der Waals surface area contributed by atoms with Gasteiger partial charge < -0.3 is 14.4 Å². The van der Waals surface area contributed by atoms with Gasteiger partial charge in [0.15, 0.2) is 0 Å². The van der Waals surface area contributed by atoms with E-state index < -0.39 is 6.10 Å². The van der Waals surface area contributed by atoms with Crippen LogP contribution in [0, 0.1) is 11.8 Å². The zero-order valence-corrected chi connectivity index (χ0v) is 14.0. The summed E-state index contributed by atoms with van der Waals surface area (Å²) in [6, 6.07) is 3.71. The van der Waals surface area contributed by atoms with E-state index in [2.05, 4.69) is 20.8 Å². The molecular weight excluding hydrogens is 278 g/mol. The van der Waals surface area contributed by atoms with Crippen molar-refractivity contribution in [3.63, 3.8) is 0 Å². The molecule has 3 unspecified atom stereocenters. The average Bonchev–Trinajstić information content (AvgIpc) is 3.15. The Morgan fingerprint density at radius 3 is 2.86 bits per heavy atom. The second-order valence-electron chi connectivity index (χ2n) is 6.77. The van der Waals surface area contributed by atoms with Gasteiger partial charge in [-0.1, -0.05) is 27.2 Å². The summed E-state index contributed by atoms with van der Waals surface area (Å²) in [6.07, 6.45) is 5.18. The maximum atomic E-state index is 12.6. The summed E-state index contributed by atoms with van der Waals surface area (Å²) in [5.74, 6) is 1.81. The normalized spacial score (nSPS) is 21.3. The highest BCUT2D eigenvalue weighted by Crippen LogP contribution is 2.29. The molecule has 0 aromatic carbocycles. The van der Waals surface area contributed by atoms with Crippen LogP contribution in [-0.2, 0) is 4.79 Å². The van der Waals surface area contributed by atoms with E-state index in [1.54, 1.807) is 18.4 Å². The van der Waals surface area contributed by atoms with E-state index in [9.17, 15) is 9.90 Å². The van der Waals surface area contributed by atoms with Crippen molar-refractivity contribution >= 4 is 5.91 Å². The Labute approximate surface area is 133 Å². The predicted octanol–water partition coefficient (Wildman–Crippen LogP) is 3.77. The van der Waals surface area contributed by atoms with Crippen molar-refractivity contribution < 1.29 is 14.3 Å². The van der Waals surface area contributed by atoms with Crippen LogP contribution in [0.1, 0.15) is 64.7 Å². The van der Waals surface area contributed by atoms with Crippen LogP contribution in [0.15, 0.2) is 22.8 Å². The molecule has 3 atom stereocenters. The molecule has 1 aromatic heterocycles. The largest absolute Gasteiger partial charge is 0.467 e. The molecule has 1 fully saturated rings. The van der Waals surface area contributed by atoms with Gasteiger partial charge in [0, 0.05) is 25.4 Å². The van der Waals surface area contributed by atoms with E-state index >= 15 is 0 Å². The summed E-state index contributed by atoms with van der Waals surface area (Å²) < 4.78 is 5.26. The maximum absolute atomic E-state index is 12.6. The first-order chi connectivity index (χ1) is 10.5. The van der Waals surface area contributed by atoms with Crippen molar-refractivity contribution in [1.29, 1.82) is 0 Å². The third kappa shape index (κ3) is 4.13. The number of carbonyl (C=O) groups is 1. The molecule has 0 saturated carbocycles. The topological polar surface area (TPSA) is 53.7 Å². The van der Waals surface area contributed by atoms with Gasteiger partial charge in [-0.3, -0.25) is 4.79 Å². The molecule has 0 aliphatic carbocycles. The lowest BCUT2D eigenvalue weighted by Crippen LogP contribution is -2.37. The Morgan fingerprint density at radius 1 is 1.50 bits per heavy atom. The summed E-state index contributed by atoms with van der Waals surface area (Å²) in [7, 11) is 0. The summed E-state index contributed by atoms with van der Waals surface area (Å²) in [5, 5.41) is 10.3. The molecule has 0 spiro atoms. The summed E-state index contributed by atoms with van der Waals surface area (Å²) in [5.41, 5.74) is 0. The van der Waals surface area contributed by atoms with E-state index in [1.807, 2.05) is 4.90 Å². The lowest BCUT2D eigenvalue weighted by atomic mass is 9.89. The van der Waals surface area contributed by atoms with Crippen LogP contribution in [0.25, 0.3) is 0 Å². The average molecular weight is 307 g/mol. The van der Waals surface area contributed by atoms with E-state index in [0.717, 1.165) is 25.8 Å². The van der Waals surface area contributed by atoms with E-state index in [1.165, 1.54) is 0 Å². The van der Waals surface area contributed by atoms with Crippen molar-refractivity contribution in [2.75, 3.05) is 6.54 Å². The van der Waals surface area contributed by atoms with Gasteiger partial charge in [-0.2, -0.15) is 0 Å². The number of rotatable bonds is 7. The molecule has 1 amide bonds. The second-order valence-corrected chi connectivity index (χ2v) is 6.77. The Bertz CT molecular complexity index is 455. The minimum Gasteiger partial charge on any atom is -0.467 e. The van der Waals surface area contributed by atoms with Crippen LogP contribution in [0.4, 0.5) is 0 Å². The molecule has 0 bridgehead atoms. The summed E-state index contributed by atoms with van der Waals surface area (Å²) in [4.78, 5) is 14.6. The lowest BCUT2D eigenvalue weighted by molar-refractivity contribution is -0.134. The molecule has 4 heteroatoms. The van der Waals surface area contributed by atoms with Crippen LogP contribution in [0.5, 0.6) is 0 Å². The predicted molar refractivity (Wildman–Crippen MR) is 86.3 cm³/mol. The van der Waals surface area contributed by atoms with E-state index in [-0.39, 0.29) is 11.9 Å². The maximum Gasteiger partial charge on any atom is 0.223 e. The van der Waals surface area contributed by atoms with Gasteiger partial charge >= 0.3 is 0 Å². The zero-order chi connectivity index (χ0) is 16.1. The SMILES string of the molecule is CCC(CC(=O)N1CCCC1CC(O)c1ccco1)C(C)C. The smallest absolute Gasteiger partial charge is 0.223 e. The third-order valence-corrected chi connectivity index (χ3v) is 4.97. The monoisotopic (exact) mass is 307 g/mol. The Balaban J connectivity index is 1.93. The Hall–Kier alpha value is -1.29. The van der Waals surface area contributed by atoms with Crippen molar-refractivity contribution in [2.45, 2.75) is 65.0 Å². The number of aliphatic hydroxyl groups excluding tert-OH is 1. The highest BCUT2D eigenvalue weighted by atomic mass is 16.4. The van der Waals surface area contributed by atoms with Crippen LogP contribution in [0.3, 0.4) is 0 Å². The van der Waals surface area contributed by atoms with Crippen molar-refractivity contribution in [2.24, 2.45) is 11.8 Å². The number of hydrogen-bond acceptors (Lipinski definition) is 3. The first kappa shape index (κ1) is 17.1. The van der Waals surface area contributed by atoms with Crippen LogP contribution < -0.4 is 0 Å². The zero-order valence-electron chi connectivity index (χ0n) is 14.0. The number of carbonyl (C=O) groups excluding carboxylic acids is 1. The molecule has 4 nitrogen and oxygen atoms in total. The van der Waals surface area contributed by atoms with E-state index in [0.29, 0.717) is 30.4 Å². The lowest BCUT2D eigenvalue weighted by Gasteiger charge is -2.28. The molecule has 22 heavy (non-hydrogen) atoms. The molecule has 1 saturated heterocycles. The summed E-state index contributed by atoms with van der Waals surface area (Å²) >= 11 is 0. The van der Waals surface area contributed by atoms with Crippen molar-refractivity contribution in [1.82, 2.24) is 4.90 Å². The number of nitrogens with zero attached hydrogens (tertiary/aromatic N) is 1. The Morgan fingerprint density at radius 2 is 2.27 bits per heavy atom. The number of likely N-dealkylation sites (tertiary alicyclic amines) is 1. The molecule has 1 aromatic rings. The minimum atomic E-state index is -0.625. The third-order valence-electron chi connectivity index (χ3n) is 4.97. The standard InChI is InChI=1S/C18H29NO3/c1-4-14(13(2)3)11-18(21)19-9-5-7-15(19)12-16(20)17-8-6-10-22-17/h6,8,10,13-16,20H,4-5,7,9,11-12H2,1-3H3. The Kier molecular flexibility index (Phi) is 6.07. The van der Waals surface area contributed by atoms with Crippen molar-refractivity contribution in [3.8, 4) is 0 Å². The first-order valence-corrected chi connectivity index (χ1v) is 8.53. The molecule has 1 aliphatic rings. The number of aliphatic hydroxyl groups is 1. The van der Waals surface area contributed by atoms with Gasteiger partial charge in [0.25, 0.3) is 0 Å². The minimum absolute atomic E-state index is 0.136. The molecule has 0 radical (unpaired) electrons. The number of hydrogen-bond donors (Lipinski definition) is 1. The number of amides is 1. The highest BCUT2D eigenvalue weighted by molar-refractivity contribution is 5.77. The van der Waals surface area contributed by atoms with Crippen LogP contribution >= 0.6 is 0 Å². The van der Waals surface area contributed by atoms with Gasteiger partial charge in [-0.05, 0) is 36.8 Å². The molecule has 2 rings (SSSR count). The highest BCUT2D eigenvalue weighted by Gasteiger charge is 2.32. The molecule has 1 N–H and O–H groups in total. The van der Waals surface area contributed by atoms with Gasteiger partial charge in [0.1, 0.15) is 11.9 Å². The fraction of sp³-hybridized carbons (Fsp3) is 0.722. The van der Waals surface area contributed by atoms with Gasteiger partial charge in [0.2, 0.25) is 5.91 Å². The fourth-order valence-electron chi connectivity index (χ4n) is 3.46. The quantitative estimate of drug-likeness (QED) is 0.834. The van der Waals surface area contributed by atoms with E-state index in [4.69, 9.17) is 4.42 Å². The van der Waals surface area contributed by atoms with Crippen LogP contribution in [0.2, 0.25) is 0 Å². The van der Waals surface area contributed by atoms with Gasteiger partial charge in [0.05, 0.1) is 6.26 Å². The van der Waals surface area contributed by atoms with Gasteiger partial charge in [-0.25, -0.2) is 0 Å². The molecule has 1 aliphatic heterocycles. The second kappa shape index (κ2) is 7.82. The molecule has 2 heterocycles. The molecular formula is C18H29NO3. The van der Waals surface area contributed by atoms with Gasteiger partial charge in [-0.15, -0.1) is 0 Å². The van der Waals surface area contributed by atoms with Crippen molar-refractivity contribution in [3.05, 3.63) is 24.2 Å². The number of furan rings is 1. The summed E-state index contributed by atoms with van der Waals surface area (Å²) in [6.45, 7) is 7.34.